The van der Waals surface area contributed by atoms with Crippen LogP contribution in [0.25, 0.3) is 0 Å². The minimum Gasteiger partial charge on any atom is -0.414 e. The van der Waals surface area contributed by atoms with Crippen molar-refractivity contribution in [2.24, 2.45) is 5.92 Å². The number of carbonyl (C=O) groups is 1. The molecule has 2 fully saturated rings. The fourth-order valence-electron chi connectivity index (χ4n) is 6.28. The van der Waals surface area contributed by atoms with E-state index in [9.17, 15) is 19.5 Å². The first kappa shape index (κ1) is 31.7. The van der Waals surface area contributed by atoms with Crippen LogP contribution < -0.4 is 11.2 Å². The topological polar surface area (TPSA) is 118 Å². The van der Waals surface area contributed by atoms with Crippen LogP contribution in [0.1, 0.15) is 72.0 Å². The van der Waals surface area contributed by atoms with Crippen LogP contribution in [-0.4, -0.2) is 62.7 Å². The summed E-state index contributed by atoms with van der Waals surface area (Å²) >= 11 is 0. The van der Waals surface area contributed by atoms with Gasteiger partial charge in [0.25, 0.3) is 11.5 Å². The molecule has 1 aromatic carbocycles. The Morgan fingerprint density at radius 1 is 0.927 bits per heavy atom. The second kappa shape index (κ2) is 12.2. The highest BCUT2D eigenvalue weighted by Crippen LogP contribution is 2.49. The molecule has 3 heterocycles. The number of ether oxygens (including phenoxy) is 1. The molecule has 41 heavy (non-hydrogen) atoms. The first-order valence-electron chi connectivity index (χ1n) is 14.5. The predicted molar refractivity (Wildman–Crippen MR) is 159 cm³/mol. The summed E-state index contributed by atoms with van der Waals surface area (Å²) in [5, 5.41) is 10.7. The maximum absolute atomic E-state index is 13.7. The van der Waals surface area contributed by atoms with E-state index in [0.29, 0.717) is 4.57 Å². The third kappa shape index (κ3) is 5.51. The Kier molecular flexibility index (Phi) is 9.44. The van der Waals surface area contributed by atoms with Crippen molar-refractivity contribution in [2.45, 2.75) is 96.0 Å². The van der Waals surface area contributed by atoms with E-state index < -0.39 is 58.6 Å². The molecule has 12 heteroatoms. The van der Waals surface area contributed by atoms with Crippen LogP contribution in [0.5, 0.6) is 0 Å². The van der Waals surface area contributed by atoms with Gasteiger partial charge in [0.05, 0.1) is 25.2 Å². The van der Waals surface area contributed by atoms with Crippen molar-refractivity contribution in [3.8, 4) is 0 Å². The monoisotopic (exact) mass is 604 g/mol. The quantitative estimate of drug-likeness (QED) is 0.468. The highest BCUT2D eigenvalue weighted by atomic mass is 28.5. The van der Waals surface area contributed by atoms with Gasteiger partial charge in [-0.05, 0) is 34.3 Å². The molecule has 10 nitrogen and oxygen atoms in total. The standard InChI is InChI=1S/C29H44N2O8Si2/c1-18(2)40(19(3)4)36-17-24-26(38-41(39-40,20(5)6)21(7)8)23(16-32)28(37-24)30-15-14-25(33)31(29(30)35)27(34)22-12-10-9-11-13-22/h9-15,18-21,23-24,26,28,32H,16-17H2,1-8H3/t23-,24-,26+,28-/m1/s1. The smallest absolute Gasteiger partial charge is 0.340 e. The zero-order chi connectivity index (χ0) is 30.3. The number of aromatic nitrogens is 2. The second-order valence-corrected chi connectivity index (χ2v) is 21.2. The van der Waals surface area contributed by atoms with Crippen molar-refractivity contribution < 1.29 is 27.6 Å². The summed E-state index contributed by atoms with van der Waals surface area (Å²) in [5.41, 5.74) is -0.944. The van der Waals surface area contributed by atoms with E-state index >= 15 is 0 Å². The molecule has 1 aromatic heterocycles. The van der Waals surface area contributed by atoms with Crippen LogP contribution in [0.4, 0.5) is 0 Å². The van der Waals surface area contributed by atoms with Crippen molar-refractivity contribution in [1.29, 1.82) is 0 Å². The van der Waals surface area contributed by atoms with Gasteiger partial charge in [-0.3, -0.25) is 14.2 Å². The van der Waals surface area contributed by atoms with Gasteiger partial charge in [0, 0.05) is 17.8 Å². The van der Waals surface area contributed by atoms with Crippen LogP contribution in [0.3, 0.4) is 0 Å². The summed E-state index contributed by atoms with van der Waals surface area (Å²) < 4.78 is 29.4. The first-order valence-corrected chi connectivity index (χ1v) is 18.5. The molecule has 0 spiro atoms. The molecule has 2 aliphatic rings. The van der Waals surface area contributed by atoms with Crippen LogP contribution >= 0.6 is 0 Å². The van der Waals surface area contributed by atoms with E-state index in [1.54, 1.807) is 30.3 Å². The summed E-state index contributed by atoms with van der Waals surface area (Å²) in [4.78, 5) is 39.6. The van der Waals surface area contributed by atoms with E-state index in [1.165, 1.54) is 10.8 Å². The zero-order valence-electron chi connectivity index (χ0n) is 25.3. The number of aliphatic hydroxyl groups excluding tert-OH is 1. The predicted octanol–water partition coefficient (Wildman–Crippen LogP) is 4.16. The van der Waals surface area contributed by atoms with Gasteiger partial charge in [0.1, 0.15) is 12.3 Å². The van der Waals surface area contributed by atoms with E-state index in [1.807, 2.05) is 0 Å². The van der Waals surface area contributed by atoms with Crippen molar-refractivity contribution in [3.05, 3.63) is 69.0 Å². The van der Waals surface area contributed by atoms with Crippen LogP contribution in [0.15, 0.2) is 52.2 Å². The normalized spacial score (nSPS) is 25.9. The summed E-state index contributed by atoms with van der Waals surface area (Å²) in [6, 6.07) is 9.32. The second-order valence-electron chi connectivity index (χ2n) is 12.3. The third-order valence-electron chi connectivity index (χ3n) is 8.52. The van der Waals surface area contributed by atoms with Crippen LogP contribution in [0.2, 0.25) is 22.2 Å². The van der Waals surface area contributed by atoms with Gasteiger partial charge in [0.2, 0.25) is 0 Å². The number of benzene rings is 1. The Balaban J connectivity index is 1.81. The molecule has 4 atom stereocenters. The average molecular weight is 605 g/mol. The number of nitrogens with zero attached hydrogens (tertiary/aromatic N) is 2. The van der Waals surface area contributed by atoms with Crippen molar-refractivity contribution in [3.63, 3.8) is 0 Å². The van der Waals surface area contributed by atoms with Gasteiger partial charge in [0.15, 0.2) is 0 Å². The first-order chi connectivity index (χ1) is 19.3. The maximum atomic E-state index is 13.7. The zero-order valence-corrected chi connectivity index (χ0v) is 27.3. The van der Waals surface area contributed by atoms with E-state index in [0.717, 1.165) is 6.07 Å². The van der Waals surface area contributed by atoms with E-state index in [4.69, 9.17) is 17.7 Å². The molecule has 1 N–H and O–H groups in total. The Hall–Kier alpha value is -2.20. The van der Waals surface area contributed by atoms with Crippen molar-refractivity contribution in [2.75, 3.05) is 13.2 Å². The summed E-state index contributed by atoms with van der Waals surface area (Å²) in [7, 11) is -5.82. The fourth-order valence-corrected chi connectivity index (χ4v) is 17.5. The lowest BCUT2D eigenvalue weighted by molar-refractivity contribution is -0.0581. The number of aliphatic hydroxyl groups is 1. The van der Waals surface area contributed by atoms with E-state index in [2.05, 4.69) is 55.4 Å². The summed E-state index contributed by atoms with van der Waals surface area (Å²) in [6.07, 6.45) is -0.878. The third-order valence-corrected chi connectivity index (χ3v) is 18.8. The van der Waals surface area contributed by atoms with Gasteiger partial charge in [-0.1, -0.05) is 73.6 Å². The van der Waals surface area contributed by atoms with Gasteiger partial charge < -0.3 is 22.8 Å². The molecule has 4 rings (SSSR count). The molecule has 2 aromatic rings. The molecule has 226 valence electrons. The molecule has 2 saturated heterocycles. The molecule has 0 bridgehead atoms. The van der Waals surface area contributed by atoms with Gasteiger partial charge in [-0.25, -0.2) is 4.79 Å². The highest BCUT2D eigenvalue weighted by molar-refractivity contribution is 6.84. The lowest BCUT2D eigenvalue weighted by Gasteiger charge is -2.51. The Labute approximate surface area is 243 Å². The number of rotatable bonds is 7. The van der Waals surface area contributed by atoms with Crippen LogP contribution in [-0.2, 0) is 17.7 Å². The maximum Gasteiger partial charge on any atom is 0.340 e. The Bertz CT molecular complexity index is 1320. The molecule has 0 saturated carbocycles. The van der Waals surface area contributed by atoms with E-state index in [-0.39, 0.29) is 40.9 Å². The SMILES string of the molecule is CC(C)[Si]1(C(C)C)OC[C@H]2O[C@@H](n3ccc(=O)n(C(=O)c4ccccc4)c3=O)[C@H](CO)[C@@H]2O[Si](C(C)C)(C(C)C)O1. The number of hydrogen-bond donors (Lipinski definition) is 1. The van der Waals surface area contributed by atoms with Gasteiger partial charge in [-0.15, -0.1) is 0 Å². The molecular weight excluding hydrogens is 560 g/mol. The largest absolute Gasteiger partial charge is 0.414 e. The number of fused-ring (bicyclic) bond motifs is 1. The van der Waals surface area contributed by atoms with Gasteiger partial charge in [-0.2, -0.15) is 4.57 Å². The highest BCUT2D eigenvalue weighted by Gasteiger charge is 2.61. The van der Waals surface area contributed by atoms with Crippen LogP contribution in [0, 0.1) is 5.92 Å². The molecular formula is C29H44N2O8Si2. The Morgan fingerprint density at radius 3 is 2.05 bits per heavy atom. The van der Waals surface area contributed by atoms with Gasteiger partial charge >= 0.3 is 22.8 Å². The minimum absolute atomic E-state index is 0.0701. The summed E-state index contributed by atoms with van der Waals surface area (Å²) in [5.74, 6) is -1.40. The molecule has 0 radical (unpaired) electrons. The lowest BCUT2D eigenvalue weighted by Crippen LogP contribution is -2.65. The summed E-state index contributed by atoms with van der Waals surface area (Å²) in [6.45, 7) is 16.8. The number of hydrogen-bond acceptors (Lipinski definition) is 8. The number of carbonyl (C=O) groups excluding carboxylic acids is 1. The Morgan fingerprint density at radius 2 is 1.51 bits per heavy atom. The minimum atomic E-state index is -3.00. The molecule has 0 amide bonds. The average Bonchev–Trinajstić information content (AvgIpc) is 3.24. The van der Waals surface area contributed by atoms with Crippen molar-refractivity contribution >= 4 is 23.0 Å². The lowest BCUT2D eigenvalue weighted by atomic mass is 10.0. The molecule has 0 aliphatic carbocycles. The molecule has 0 unspecified atom stereocenters. The van der Waals surface area contributed by atoms with Crippen molar-refractivity contribution in [1.82, 2.24) is 9.13 Å². The molecule has 2 aliphatic heterocycles. The fraction of sp³-hybridized carbons (Fsp3) is 0.621.